The van der Waals surface area contributed by atoms with Crippen molar-refractivity contribution in [2.45, 2.75) is 19.3 Å². The number of rotatable bonds is 0. The second-order valence-corrected chi connectivity index (χ2v) is 5.55. The van der Waals surface area contributed by atoms with Crippen molar-refractivity contribution >= 4 is 21.6 Å². The van der Waals surface area contributed by atoms with Crippen molar-refractivity contribution in [2.24, 2.45) is 5.41 Å². The fraction of sp³-hybridized carbons (Fsp3) is 0.500. The van der Waals surface area contributed by atoms with E-state index in [2.05, 4.69) is 27.3 Å². The van der Waals surface area contributed by atoms with Gasteiger partial charge in [-0.25, -0.2) is 0 Å². The SMILES string of the molecule is Brc1ccc2c(c1)OCC1(CCC1)CN2. The molecular weight excluding hydrogens is 254 g/mol. The summed E-state index contributed by atoms with van der Waals surface area (Å²) in [5.41, 5.74) is 1.54. The first kappa shape index (κ1) is 9.52. The van der Waals surface area contributed by atoms with Crippen LogP contribution < -0.4 is 10.1 Å². The van der Waals surface area contributed by atoms with Crippen LogP contribution in [0.2, 0.25) is 0 Å². The molecule has 2 nitrogen and oxygen atoms in total. The molecule has 2 aliphatic rings. The largest absolute Gasteiger partial charge is 0.491 e. The van der Waals surface area contributed by atoms with Crippen LogP contribution in [0.3, 0.4) is 0 Å². The van der Waals surface area contributed by atoms with Crippen LogP contribution in [0.25, 0.3) is 0 Å². The summed E-state index contributed by atoms with van der Waals surface area (Å²) in [5, 5.41) is 3.50. The standard InChI is InChI=1S/C12H14BrNO/c13-9-2-3-10-11(6-9)15-8-12(7-14-10)4-1-5-12/h2-3,6,14H,1,4-5,7-8H2. The number of hydrogen-bond donors (Lipinski definition) is 1. The van der Waals surface area contributed by atoms with Crippen molar-refractivity contribution in [3.63, 3.8) is 0 Å². The molecule has 0 atom stereocenters. The number of halogens is 1. The Balaban J connectivity index is 1.88. The van der Waals surface area contributed by atoms with Gasteiger partial charge < -0.3 is 10.1 Å². The Morgan fingerprint density at radius 3 is 2.93 bits per heavy atom. The lowest BCUT2D eigenvalue weighted by molar-refractivity contribution is 0.0765. The van der Waals surface area contributed by atoms with Gasteiger partial charge in [0.05, 0.1) is 12.3 Å². The third-order valence-corrected chi connectivity index (χ3v) is 4.04. The van der Waals surface area contributed by atoms with Crippen molar-refractivity contribution in [1.29, 1.82) is 0 Å². The third-order valence-electron chi connectivity index (χ3n) is 3.55. The van der Waals surface area contributed by atoms with E-state index < -0.39 is 0 Å². The van der Waals surface area contributed by atoms with Gasteiger partial charge in [-0.2, -0.15) is 0 Å². The summed E-state index contributed by atoms with van der Waals surface area (Å²) in [6, 6.07) is 6.17. The molecule has 1 saturated carbocycles. The lowest BCUT2D eigenvalue weighted by Crippen LogP contribution is -2.40. The highest BCUT2D eigenvalue weighted by molar-refractivity contribution is 9.10. The van der Waals surface area contributed by atoms with E-state index in [1.54, 1.807) is 0 Å². The van der Waals surface area contributed by atoms with Gasteiger partial charge in [0.25, 0.3) is 0 Å². The average molecular weight is 268 g/mol. The summed E-state index contributed by atoms with van der Waals surface area (Å²) in [4.78, 5) is 0. The fourth-order valence-electron chi connectivity index (χ4n) is 2.32. The van der Waals surface area contributed by atoms with Gasteiger partial charge in [0.2, 0.25) is 0 Å². The first-order chi connectivity index (χ1) is 7.27. The minimum absolute atomic E-state index is 0.408. The molecule has 1 aliphatic carbocycles. The molecule has 0 unspecified atom stereocenters. The zero-order valence-corrected chi connectivity index (χ0v) is 10.1. The van der Waals surface area contributed by atoms with Crippen LogP contribution in [-0.4, -0.2) is 13.2 Å². The maximum Gasteiger partial charge on any atom is 0.143 e. The molecule has 1 aliphatic heterocycles. The van der Waals surface area contributed by atoms with Gasteiger partial charge in [0.1, 0.15) is 5.75 Å². The van der Waals surface area contributed by atoms with Crippen LogP contribution in [-0.2, 0) is 0 Å². The Labute approximate surface area is 98.1 Å². The lowest BCUT2D eigenvalue weighted by Gasteiger charge is -2.40. The van der Waals surface area contributed by atoms with E-state index in [0.717, 1.165) is 29.1 Å². The van der Waals surface area contributed by atoms with Gasteiger partial charge in [-0.15, -0.1) is 0 Å². The number of nitrogens with one attached hydrogen (secondary N) is 1. The van der Waals surface area contributed by atoms with Crippen LogP contribution in [0.4, 0.5) is 5.69 Å². The van der Waals surface area contributed by atoms with E-state index in [1.807, 2.05) is 12.1 Å². The van der Waals surface area contributed by atoms with E-state index in [-0.39, 0.29) is 0 Å². The molecule has 0 aromatic heterocycles. The molecule has 1 N–H and O–H groups in total. The van der Waals surface area contributed by atoms with Crippen LogP contribution in [0.15, 0.2) is 22.7 Å². The van der Waals surface area contributed by atoms with Gasteiger partial charge in [0, 0.05) is 16.4 Å². The number of benzene rings is 1. The molecule has 1 spiro atoms. The molecule has 0 bridgehead atoms. The monoisotopic (exact) mass is 267 g/mol. The molecular formula is C12H14BrNO. The van der Waals surface area contributed by atoms with Gasteiger partial charge in [-0.05, 0) is 31.0 Å². The highest BCUT2D eigenvalue weighted by Crippen LogP contribution is 2.44. The smallest absolute Gasteiger partial charge is 0.143 e. The molecule has 3 rings (SSSR count). The summed E-state index contributed by atoms with van der Waals surface area (Å²) >= 11 is 3.47. The highest BCUT2D eigenvalue weighted by atomic mass is 79.9. The van der Waals surface area contributed by atoms with E-state index in [4.69, 9.17) is 4.74 Å². The zero-order chi connectivity index (χ0) is 10.3. The molecule has 0 amide bonds. The molecule has 1 aromatic rings. The summed E-state index contributed by atoms with van der Waals surface area (Å²) in [5.74, 6) is 0.980. The summed E-state index contributed by atoms with van der Waals surface area (Å²) in [6.07, 6.45) is 3.95. The highest BCUT2D eigenvalue weighted by Gasteiger charge is 2.39. The van der Waals surface area contributed by atoms with Gasteiger partial charge in [-0.1, -0.05) is 22.4 Å². The topological polar surface area (TPSA) is 21.3 Å². The molecule has 1 fully saturated rings. The Hall–Kier alpha value is -0.700. The lowest BCUT2D eigenvalue weighted by atomic mass is 9.69. The first-order valence-corrected chi connectivity index (χ1v) is 6.23. The normalized spacial score (nSPS) is 21.9. The van der Waals surface area contributed by atoms with Crippen LogP contribution in [0.1, 0.15) is 19.3 Å². The molecule has 0 saturated heterocycles. The Morgan fingerprint density at radius 2 is 2.20 bits per heavy atom. The second-order valence-electron chi connectivity index (χ2n) is 4.64. The zero-order valence-electron chi connectivity index (χ0n) is 8.55. The van der Waals surface area contributed by atoms with Crippen molar-refractivity contribution < 1.29 is 4.74 Å². The van der Waals surface area contributed by atoms with Crippen LogP contribution in [0, 0.1) is 5.41 Å². The summed E-state index contributed by atoms with van der Waals surface area (Å²) in [6.45, 7) is 1.92. The Morgan fingerprint density at radius 1 is 1.33 bits per heavy atom. The molecule has 15 heavy (non-hydrogen) atoms. The molecule has 3 heteroatoms. The number of anilines is 1. The second kappa shape index (κ2) is 3.41. The van der Waals surface area contributed by atoms with E-state index in [1.165, 1.54) is 19.3 Å². The van der Waals surface area contributed by atoms with Gasteiger partial charge in [-0.3, -0.25) is 0 Å². The van der Waals surface area contributed by atoms with E-state index in [9.17, 15) is 0 Å². The van der Waals surface area contributed by atoms with E-state index in [0.29, 0.717) is 5.41 Å². The quantitative estimate of drug-likeness (QED) is 0.778. The molecule has 1 heterocycles. The summed E-state index contributed by atoms with van der Waals surface area (Å²) < 4.78 is 6.97. The van der Waals surface area contributed by atoms with Crippen molar-refractivity contribution in [3.05, 3.63) is 22.7 Å². The Bertz CT molecular complexity index is 387. The first-order valence-electron chi connectivity index (χ1n) is 5.44. The van der Waals surface area contributed by atoms with E-state index >= 15 is 0 Å². The molecule has 0 radical (unpaired) electrons. The molecule has 80 valence electrons. The van der Waals surface area contributed by atoms with Crippen molar-refractivity contribution in [3.8, 4) is 5.75 Å². The summed E-state index contributed by atoms with van der Waals surface area (Å²) in [7, 11) is 0. The third kappa shape index (κ3) is 1.63. The van der Waals surface area contributed by atoms with Crippen LogP contribution >= 0.6 is 15.9 Å². The number of fused-ring (bicyclic) bond motifs is 1. The van der Waals surface area contributed by atoms with Gasteiger partial charge >= 0.3 is 0 Å². The maximum atomic E-state index is 5.89. The Kier molecular flexibility index (Phi) is 2.16. The fourth-order valence-corrected chi connectivity index (χ4v) is 2.66. The predicted octanol–water partition coefficient (Wildman–Crippen LogP) is 3.42. The molecule has 1 aromatic carbocycles. The predicted molar refractivity (Wildman–Crippen MR) is 64.4 cm³/mol. The average Bonchev–Trinajstić information content (AvgIpc) is 2.36. The maximum absolute atomic E-state index is 5.89. The minimum atomic E-state index is 0.408. The number of ether oxygens (including phenoxy) is 1. The van der Waals surface area contributed by atoms with Crippen LogP contribution in [0.5, 0.6) is 5.75 Å². The number of hydrogen-bond acceptors (Lipinski definition) is 2. The van der Waals surface area contributed by atoms with Crippen molar-refractivity contribution in [1.82, 2.24) is 0 Å². The van der Waals surface area contributed by atoms with Crippen molar-refractivity contribution in [2.75, 3.05) is 18.5 Å². The minimum Gasteiger partial charge on any atom is -0.491 e. The van der Waals surface area contributed by atoms with Gasteiger partial charge in [0.15, 0.2) is 0 Å².